The van der Waals surface area contributed by atoms with Crippen LogP contribution in [0, 0.1) is 0 Å². The third-order valence-corrected chi connectivity index (χ3v) is 5.12. The van der Waals surface area contributed by atoms with E-state index in [4.69, 9.17) is 4.98 Å². The highest BCUT2D eigenvalue weighted by atomic mass is 32.1. The molecule has 3 aromatic heterocycles. The van der Waals surface area contributed by atoms with Gasteiger partial charge in [-0.2, -0.15) is 0 Å². The molecule has 0 radical (unpaired) electrons. The van der Waals surface area contributed by atoms with E-state index in [-0.39, 0.29) is 0 Å². The summed E-state index contributed by atoms with van der Waals surface area (Å²) in [5.74, 6) is 0. The molecule has 1 unspecified atom stereocenters. The molecule has 4 rings (SSSR count). The minimum Gasteiger partial charge on any atom is -0.312 e. The van der Waals surface area contributed by atoms with Crippen LogP contribution in [0.5, 0.6) is 0 Å². The van der Waals surface area contributed by atoms with E-state index in [1.54, 1.807) is 11.3 Å². The van der Waals surface area contributed by atoms with Crippen molar-refractivity contribution in [1.29, 1.82) is 0 Å². The fourth-order valence-electron chi connectivity index (χ4n) is 2.84. The van der Waals surface area contributed by atoms with Crippen LogP contribution in [0.1, 0.15) is 29.5 Å². The molecule has 0 aromatic carbocycles. The summed E-state index contributed by atoms with van der Waals surface area (Å²) in [5.41, 5.74) is 3.21. The fourth-order valence-corrected chi connectivity index (χ4v) is 4.05. The smallest absolute Gasteiger partial charge is 0.144 e. The van der Waals surface area contributed by atoms with Crippen LogP contribution in [0.25, 0.3) is 16.3 Å². The number of imidazole rings is 1. The van der Waals surface area contributed by atoms with E-state index < -0.39 is 0 Å². The Balaban J connectivity index is 1.80. The van der Waals surface area contributed by atoms with Crippen molar-refractivity contribution in [3.8, 4) is 10.7 Å². The molecule has 0 saturated carbocycles. The Bertz CT molecular complexity index is 725. The van der Waals surface area contributed by atoms with Gasteiger partial charge in [-0.25, -0.2) is 9.97 Å². The Hall–Kier alpha value is -1.72. The Kier molecular flexibility index (Phi) is 2.82. The van der Waals surface area contributed by atoms with Gasteiger partial charge < -0.3 is 9.72 Å². The number of rotatable bonds is 2. The van der Waals surface area contributed by atoms with Gasteiger partial charge in [-0.3, -0.25) is 0 Å². The van der Waals surface area contributed by atoms with Crippen molar-refractivity contribution in [2.45, 2.75) is 25.3 Å². The van der Waals surface area contributed by atoms with Crippen molar-refractivity contribution in [3.05, 3.63) is 41.2 Å². The van der Waals surface area contributed by atoms with Gasteiger partial charge in [-0.05, 0) is 38.4 Å². The quantitative estimate of drug-likeness (QED) is 0.786. The first-order valence-corrected chi connectivity index (χ1v) is 7.78. The Morgan fingerprint density at radius 3 is 3.15 bits per heavy atom. The van der Waals surface area contributed by atoms with Gasteiger partial charge in [0.15, 0.2) is 0 Å². The minimum absolute atomic E-state index is 0.460. The Labute approximate surface area is 121 Å². The first-order valence-electron chi connectivity index (χ1n) is 6.96. The number of nitrogens with one attached hydrogen (secondary N) is 1. The molecule has 1 atom stereocenters. The average molecular weight is 284 g/mol. The van der Waals surface area contributed by atoms with Gasteiger partial charge in [-0.1, -0.05) is 6.07 Å². The number of hydrogen-bond donors (Lipinski definition) is 1. The number of nitrogens with zero attached hydrogens (tertiary/aromatic N) is 3. The molecule has 4 nitrogen and oxygen atoms in total. The summed E-state index contributed by atoms with van der Waals surface area (Å²) < 4.78 is 2.05. The SMILES string of the molecule is CNC1CCCc2nc(-c3cn4ccccc4n3)sc21. The van der Waals surface area contributed by atoms with Crippen LogP contribution in [0.2, 0.25) is 0 Å². The highest BCUT2D eigenvalue weighted by Crippen LogP contribution is 2.37. The van der Waals surface area contributed by atoms with Gasteiger partial charge in [0.05, 0.1) is 5.69 Å². The van der Waals surface area contributed by atoms with Crippen LogP contribution in [0.15, 0.2) is 30.6 Å². The highest BCUT2D eigenvalue weighted by Gasteiger charge is 2.24. The summed E-state index contributed by atoms with van der Waals surface area (Å²) in [6, 6.07) is 6.51. The van der Waals surface area contributed by atoms with Gasteiger partial charge in [0, 0.05) is 23.3 Å². The third-order valence-electron chi connectivity index (χ3n) is 3.88. The van der Waals surface area contributed by atoms with E-state index >= 15 is 0 Å². The first-order chi connectivity index (χ1) is 9.85. The summed E-state index contributed by atoms with van der Waals surface area (Å²) in [7, 11) is 2.03. The lowest BCUT2D eigenvalue weighted by Crippen LogP contribution is -2.19. The van der Waals surface area contributed by atoms with E-state index in [9.17, 15) is 0 Å². The molecule has 3 heterocycles. The summed E-state index contributed by atoms with van der Waals surface area (Å²) in [4.78, 5) is 10.9. The van der Waals surface area contributed by atoms with Crippen LogP contribution in [0.4, 0.5) is 0 Å². The van der Waals surface area contributed by atoms with E-state index in [1.165, 1.54) is 23.4 Å². The molecule has 1 aliphatic rings. The maximum absolute atomic E-state index is 4.82. The number of aryl methyl sites for hydroxylation is 1. The molecule has 20 heavy (non-hydrogen) atoms. The molecule has 0 bridgehead atoms. The Morgan fingerprint density at radius 1 is 1.35 bits per heavy atom. The van der Waals surface area contributed by atoms with E-state index in [1.807, 2.05) is 35.8 Å². The molecule has 0 amide bonds. The average Bonchev–Trinajstić information content (AvgIpc) is 3.09. The lowest BCUT2D eigenvalue weighted by Gasteiger charge is -2.19. The van der Waals surface area contributed by atoms with Crippen molar-refractivity contribution >= 4 is 17.0 Å². The summed E-state index contributed by atoms with van der Waals surface area (Å²) in [6.45, 7) is 0. The van der Waals surface area contributed by atoms with E-state index in [2.05, 4.69) is 16.5 Å². The van der Waals surface area contributed by atoms with Crippen LogP contribution in [0.3, 0.4) is 0 Å². The predicted molar refractivity (Wildman–Crippen MR) is 81.0 cm³/mol. The van der Waals surface area contributed by atoms with Gasteiger partial charge in [-0.15, -0.1) is 11.3 Å². The van der Waals surface area contributed by atoms with Gasteiger partial charge >= 0.3 is 0 Å². The molecule has 1 N–H and O–H groups in total. The normalized spacial score (nSPS) is 18.4. The van der Waals surface area contributed by atoms with Crippen LogP contribution >= 0.6 is 11.3 Å². The lowest BCUT2D eigenvalue weighted by atomic mass is 9.98. The number of thiazole rings is 1. The zero-order valence-corrected chi connectivity index (χ0v) is 12.2. The number of fused-ring (bicyclic) bond motifs is 2. The fraction of sp³-hybridized carbons (Fsp3) is 0.333. The number of aromatic nitrogens is 3. The van der Waals surface area contributed by atoms with Gasteiger partial charge in [0.2, 0.25) is 0 Å². The second kappa shape index (κ2) is 4.68. The monoisotopic (exact) mass is 284 g/mol. The van der Waals surface area contributed by atoms with Gasteiger partial charge in [0.1, 0.15) is 16.3 Å². The summed E-state index contributed by atoms with van der Waals surface area (Å²) in [6.07, 6.45) is 7.60. The second-order valence-corrected chi connectivity index (χ2v) is 6.19. The molecule has 1 aliphatic carbocycles. The first kappa shape index (κ1) is 12.1. The topological polar surface area (TPSA) is 42.2 Å². The van der Waals surface area contributed by atoms with Crippen molar-refractivity contribution < 1.29 is 0 Å². The van der Waals surface area contributed by atoms with Crippen LogP contribution in [-0.2, 0) is 6.42 Å². The molecule has 3 aromatic rings. The second-order valence-electron chi connectivity index (χ2n) is 5.16. The largest absolute Gasteiger partial charge is 0.312 e. The maximum Gasteiger partial charge on any atom is 0.144 e. The lowest BCUT2D eigenvalue weighted by molar-refractivity contribution is 0.501. The van der Waals surface area contributed by atoms with Crippen LogP contribution in [-0.4, -0.2) is 21.4 Å². The van der Waals surface area contributed by atoms with E-state index in [0.717, 1.165) is 22.8 Å². The molecular weight excluding hydrogens is 268 g/mol. The standard InChI is InChI=1S/C15H16N4S/c1-16-10-5-4-6-11-14(10)20-15(18-11)12-9-19-8-3-2-7-13(19)17-12/h2-3,7-10,16H,4-6H2,1H3. The summed E-state index contributed by atoms with van der Waals surface area (Å²) in [5, 5.41) is 4.44. The van der Waals surface area contributed by atoms with Crippen molar-refractivity contribution in [1.82, 2.24) is 19.7 Å². The molecule has 5 heteroatoms. The Morgan fingerprint density at radius 2 is 2.30 bits per heavy atom. The number of pyridine rings is 1. The maximum atomic E-state index is 4.82. The molecule has 0 aliphatic heterocycles. The van der Waals surface area contributed by atoms with E-state index in [0.29, 0.717) is 6.04 Å². The molecule has 0 fully saturated rings. The molecule has 0 saturated heterocycles. The van der Waals surface area contributed by atoms with Crippen molar-refractivity contribution in [2.75, 3.05) is 7.05 Å². The number of hydrogen-bond acceptors (Lipinski definition) is 4. The predicted octanol–water partition coefficient (Wildman–Crippen LogP) is 3.05. The van der Waals surface area contributed by atoms with Crippen molar-refractivity contribution in [3.63, 3.8) is 0 Å². The molecular formula is C15H16N4S. The van der Waals surface area contributed by atoms with Gasteiger partial charge in [0.25, 0.3) is 0 Å². The minimum atomic E-state index is 0.460. The molecule has 102 valence electrons. The highest BCUT2D eigenvalue weighted by molar-refractivity contribution is 7.15. The van der Waals surface area contributed by atoms with Crippen molar-refractivity contribution in [2.24, 2.45) is 0 Å². The van der Waals surface area contributed by atoms with Crippen LogP contribution < -0.4 is 5.32 Å². The third kappa shape index (κ3) is 1.85. The summed E-state index contributed by atoms with van der Waals surface area (Å²) >= 11 is 1.79. The zero-order chi connectivity index (χ0) is 13.5. The zero-order valence-electron chi connectivity index (χ0n) is 11.3. The molecule has 0 spiro atoms.